The van der Waals surface area contributed by atoms with Crippen molar-refractivity contribution in [1.29, 1.82) is 0 Å². The number of hydrogen-bond donors (Lipinski definition) is 1. The Morgan fingerprint density at radius 1 is 1.24 bits per heavy atom. The Morgan fingerprint density at radius 2 is 2.00 bits per heavy atom. The van der Waals surface area contributed by atoms with Crippen LogP contribution in [0.25, 0.3) is 10.8 Å². The molecule has 0 fully saturated rings. The van der Waals surface area contributed by atoms with E-state index in [1.54, 1.807) is 14.0 Å². The van der Waals surface area contributed by atoms with E-state index in [9.17, 15) is 4.79 Å². The molecule has 2 aromatic rings. The third-order valence-corrected chi connectivity index (χ3v) is 3.57. The van der Waals surface area contributed by atoms with Crippen molar-refractivity contribution in [3.63, 3.8) is 0 Å². The molecule has 1 N–H and O–H groups in total. The third-order valence-electron chi connectivity index (χ3n) is 3.42. The predicted molar refractivity (Wildman–Crippen MR) is 90.5 cm³/mol. The van der Waals surface area contributed by atoms with Crippen molar-refractivity contribution in [1.82, 2.24) is 5.32 Å². The Balaban J connectivity index is 2.46. The summed E-state index contributed by atoms with van der Waals surface area (Å²) in [5.41, 5.74) is 1.86. The van der Waals surface area contributed by atoms with Gasteiger partial charge in [0.05, 0.1) is 12.1 Å². The van der Waals surface area contributed by atoms with Gasteiger partial charge in [-0.3, -0.25) is 4.79 Å². The first kappa shape index (κ1) is 15.4. The molecule has 110 valence electrons. The van der Waals surface area contributed by atoms with Crippen LogP contribution in [0.1, 0.15) is 29.8 Å². The van der Waals surface area contributed by atoms with E-state index in [4.69, 9.17) is 17.0 Å². The van der Waals surface area contributed by atoms with Crippen LogP contribution in [0.5, 0.6) is 5.75 Å². The predicted octanol–water partition coefficient (Wildman–Crippen LogP) is 3.53. The summed E-state index contributed by atoms with van der Waals surface area (Å²) >= 11 is 5.03. The first-order valence-corrected chi connectivity index (χ1v) is 7.28. The van der Waals surface area contributed by atoms with E-state index in [-0.39, 0.29) is 5.78 Å². The number of thiocarbonyl (C=S) groups is 1. The summed E-state index contributed by atoms with van der Waals surface area (Å²) in [6.45, 7) is 4.21. The number of ketones is 1. The van der Waals surface area contributed by atoms with Gasteiger partial charge in [-0.1, -0.05) is 18.3 Å². The van der Waals surface area contributed by atoms with Crippen molar-refractivity contribution >= 4 is 33.8 Å². The maximum atomic E-state index is 11.7. The molecule has 2 rings (SSSR count). The fourth-order valence-corrected chi connectivity index (χ4v) is 2.43. The van der Waals surface area contributed by atoms with Crippen LogP contribution in [0.2, 0.25) is 0 Å². The van der Waals surface area contributed by atoms with E-state index in [0.717, 1.165) is 45.6 Å². The van der Waals surface area contributed by atoms with Gasteiger partial charge < -0.3 is 10.1 Å². The fourth-order valence-electron chi connectivity index (χ4n) is 2.32. The summed E-state index contributed by atoms with van der Waals surface area (Å²) in [4.78, 5) is 12.5. The maximum absolute atomic E-state index is 11.7. The number of Topliss-reactive ketones (excluding diaryl/α,β-unsaturated/α-hetero) is 1. The SMILES string of the molecule is COc1ccc2cc(C(C)=O)cc(CCNC(C)=S)c2c1. The maximum Gasteiger partial charge on any atom is 0.159 e. The number of nitrogens with one attached hydrogen (secondary N) is 1. The van der Waals surface area contributed by atoms with Crippen LogP contribution < -0.4 is 10.1 Å². The van der Waals surface area contributed by atoms with Gasteiger partial charge in [0, 0.05) is 12.1 Å². The minimum absolute atomic E-state index is 0.0768. The Morgan fingerprint density at radius 3 is 2.62 bits per heavy atom. The summed E-state index contributed by atoms with van der Waals surface area (Å²) in [5, 5.41) is 5.32. The molecule has 0 aliphatic carbocycles. The van der Waals surface area contributed by atoms with E-state index in [0.29, 0.717) is 0 Å². The average Bonchev–Trinajstić information content (AvgIpc) is 2.46. The molecule has 0 unspecified atom stereocenters. The minimum atomic E-state index is 0.0768. The Labute approximate surface area is 130 Å². The van der Waals surface area contributed by atoms with Gasteiger partial charge >= 0.3 is 0 Å². The van der Waals surface area contributed by atoms with Gasteiger partial charge in [0.15, 0.2) is 5.78 Å². The van der Waals surface area contributed by atoms with Gasteiger partial charge in [0.1, 0.15) is 5.75 Å². The molecular weight excluding hydrogens is 282 g/mol. The number of ether oxygens (including phenoxy) is 1. The molecule has 0 saturated heterocycles. The van der Waals surface area contributed by atoms with Gasteiger partial charge in [-0.05, 0) is 60.9 Å². The van der Waals surface area contributed by atoms with Crippen molar-refractivity contribution in [3.8, 4) is 5.75 Å². The van der Waals surface area contributed by atoms with Crippen LogP contribution in [0, 0.1) is 0 Å². The standard InChI is InChI=1S/C17H19NO2S/c1-11(19)15-8-13-4-5-16(20-3)10-17(13)14(9-15)6-7-18-12(2)21/h4-5,8-10H,6-7H2,1-3H3,(H,18,21). The zero-order valence-electron chi connectivity index (χ0n) is 12.5. The number of methoxy groups -OCH3 is 1. The number of rotatable bonds is 5. The van der Waals surface area contributed by atoms with E-state index in [2.05, 4.69) is 5.32 Å². The molecule has 0 radical (unpaired) electrons. The zero-order chi connectivity index (χ0) is 15.4. The van der Waals surface area contributed by atoms with Gasteiger partial charge in [-0.15, -0.1) is 0 Å². The van der Waals surface area contributed by atoms with Gasteiger partial charge in [-0.25, -0.2) is 0 Å². The lowest BCUT2D eigenvalue weighted by molar-refractivity contribution is 0.101. The smallest absolute Gasteiger partial charge is 0.159 e. The Kier molecular flexibility index (Phi) is 4.91. The van der Waals surface area contributed by atoms with Crippen molar-refractivity contribution in [2.45, 2.75) is 20.3 Å². The van der Waals surface area contributed by atoms with Crippen molar-refractivity contribution in [2.75, 3.05) is 13.7 Å². The van der Waals surface area contributed by atoms with Crippen LogP contribution in [0.4, 0.5) is 0 Å². The highest BCUT2D eigenvalue weighted by Gasteiger charge is 2.08. The molecule has 0 aliphatic rings. The monoisotopic (exact) mass is 301 g/mol. The molecule has 0 amide bonds. The van der Waals surface area contributed by atoms with Crippen molar-refractivity contribution in [2.24, 2.45) is 0 Å². The van der Waals surface area contributed by atoms with Gasteiger partial charge in [-0.2, -0.15) is 0 Å². The molecule has 0 saturated carbocycles. The highest BCUT2D eigenvalue weighted by atomic mass is 32.1. The first-order chi connectivity index (χ1) is 10.0. The molecule has 0 atom stereocenters. The molecule has 0 bridgehead atoms. The highest BCUT2D eigenvalue weighted by Crippen LogP contribution is 2.26. The largest absolute Gasteiger partial charge is 0.497 e. The number of benzene rings is 2. The number of carbonyl (C=O) groups is 1. The van der Waals surface area contributed by atoms with Crippen LogP contribution in [0.15, 0.2) is 30.3 Å². The molecule has 2 aromatic carbocycles. The number of hydrogen-bond acceptors (Lipinski definition) is 3. The van der Waals surface area contributed by atoms with Crippen LogP contribution in [-0.4, -0.2) is 24.4 Å². The van der Waals surface area contributed by atoms with E-state index in [1.165, 1.54) is 0 Å². The molecule has 4 heteroatoms. The Hall–Kier alpha value is -1.94. The van der Waals surface area contributed by atoms with Crippen molar-refractivity contribution < 1.29 is 9.53 Å². The van der Waals surface area contributed by atoms with Crippen LogP contribution in [-0.2, 0) is 6.42 Å². The summed E-state index contributed by atoms with van der Waals surface area (Å²) < 4.78 is 5.29. The van der Waals surface area contributed by atoms with Gasteiger partial charge in [0.2, 0.25) is 0 Å². The molecule has 0 heterocycles. The second kappa shape index (κ2) is 6.68. The number of fused-ring (bicyclic) bond motifs is 1. The van der Waals surface area contributed by atoms with Crippen LogP contribution >= 0.6 is 12.2 Å². The molecule has 3 nitrogen and oxygen atoms in total. The summed E-state index contributed by atoms with van der Waals surface area (Å²) in [6.07, 6.45) is 0.804. The summed E-state index contributed by atoms with van der Waals surface area (Å²) in [7, 11) is 1.65. The topological polar surface area (TPSA) is 38.3 Å². The van der Waals surface area contributed by atoms with E-state index < -0.39 is 0 Å². The Bertz CT molecular complexity index is 694. The lowest BCUT2D eigenvalue weighted by Crippen LogP contribution is -2.21. The quantitative estimate of drug-likeness (QED) is 0.677. The fraction of sp³-hybridized carbons (Fsp3) is 0.294. The van der Waals surface area contributed by atoms with Gasteiger partial charge in [0.25, 0.3) is 0 Å². The second-order valence-electron chi connectivity index (χ2n) is 5.01. The molecule has 0 aromatic heterocycles. The average molecular weight is 301 g/mol. The van der Waals surface area contributed by atoms with Crippen LogP contribution in [0.3, 0.4) is 0 Å². The lowest BCUT2D eigenvalue weighted by Gasteiger charge is -2.11. The summed E-state index contributed by atoms with van der Waals surface area (Å²) in [5.74, 6) is 0.895. The van der Waals surface area contributed by atoms with E-state index >= 15 is 0 Å². The van der Waals surface area contributed by atoms with E-state index in [1.807, 2.05) is 37.3 Å². The highest BCUT2D eigenvalue weighted by molar-refractivity contribution is 7.80. The third kappa shape index (κ3) is 3.79. The lowest BCUT2D eigenvalue weighted by atomic mass is 9.97. The minimum Gasteiger partial charge on any atom is -0.497 e. The first-order valence-electron chi connectivity index (χ1n) is 6.87. The van der Waals surface area contributed by atoms with Crippen molar-refractivity contribution in [3.05, 3.63) is 41.5 Å². The molecule has 0 aliphatic heterocycles. The second-order valence-corrected chi connectivity index (χ2v) is 5.62. The number of carbonyl (C=O) groups excluding carboxylic acids is 1. The molecular formula is C17H19NO2S. The molecule has 0 spiro atoms. The zero-order valence-corrected chi connectivity index (χ0v) is 13.3. The molecule has 21 heavy (non-hydrogen) atoms. The summed E-state index contributed by atoms with van der Waals surface area (Å²) in [6, 6.07) is 9.80. The normalized spacial score (nSPS) is 10.4.